The summed E-state index contributed by atoms with van der Waals surface area (Å²) in [6.45, 7) is 2.54. The van der Waals surface area contributed by atoms with Gasteiger partial charge in [0.25, 0.3) is 0 Å². The fourth-order valence-electron chi connectivity index (χ4n) is 1.85. The molecule has 2 heterocycles. The van der Waals surface area contributed by atoms with Gasteiger partial charge in [-0.05, 0) is 30.6 Å². The van der Waals surface area contributed by atoms with Gasteiger partial charge in [-0.2, -0.15) is 13.2 Å². The summed E-state index contributed by atoms with van der Waals surface area (Å²) in [4.78, 5) is 4.46. The highest BCUT2D eigenvalue weighted by atomic mass is 32.1. The molecule has 0 radical (unpaired) electrons. The Kier molecular flexibility index (Phi) is 4.66. The summed E-state index contributed by atoms with van der Waals surface area (Å²) in [5.41, 5.74) is -0.589. The van der Waals surface area contributed by atoms with E-state index in [9.17, 15) is 13.2 Å². The number of pyridine rings is 1. The number of nitrogens with one attached hydrogen (secondary N) is 1. The highest BCUT2D eigenvalue weighted by molar-refractivity contribution is 7.05. The predicted molar refractivity (Wildman–Crippen MR) is 69.3 cm³/mol. The van der Waals surface area contributed by atoms with Crippen LogP contribution in [-0.4, -0.2) is 21.1 Å². The lowest BCUT2D eigenvalue weighted by molar-refractivity contribution is -0.138. The van der Waals surface area contributed by atoms with Crippen molar-refractivity contribution in [2.24, 2.45) is 0 Å². The number of alkyl halides is 3. The molecule has 0 aliphatic carbocycles. The third-order valence-electron chi connectivity index (χ3n) is 2.73. The summed E-state index contributed by atoms with van der Waals surface area (Å²) in [7, 11) is 0. The molecule has 0 saturated heterocycles. The average molecular weight is 302 g/mol. The van der Waals surface area contributed by atoms with E-state index in [1.54, 1.807) is 0 Å². The van der Waals surface area contributed by atoms with E-state index in [1.165, 1.54) is 12.4 Å². The Morgan fingerprint density at radius 1 is 1.35 bits per heavy atom. The maximum Gasteiger partial charge on any atom is 0.416 e. The highest BCUT2D eigenvalue weighted by Crippen LogP contribution is 2.36. The molecule has 2 rings (SSSR count). The van der Waals surface area contributed by atoms with Crippen LogP contribution in [0.15, 0.2) is 24.7 Å². The van der Waals surface area contributed by atoms with Crippen molar-refractivity contribution in [2.45, 2.75) is 25.6 Å². The standard InChI is InChI=1S/C12H13F3N4S/c1-2-4-17-11(10-7-18-19-20-10)8-6-16-5-3-9(8)12(13,14)15/h3,5-7,11,17H,2,4H2,1H3. The van der Waals surface area contributed by atoms with E-state index >= 15 is 0 Å². The van der Waals surface area contributed by atoms with E-state index in [-0.39, 0.29) is 5.56 Å². The monoisotopic (exact) mass is 302 g/mol. The minimum Gasteiger partial charge on any atom is -0.305 e. The first-order valence-electron chi connectivity index (χ1n) is 6.05. The number of halogens is 3. The molecule has 0 bridgehead atoms. The van der Waals surface area contributed by atoms with Crippen LogP contribution in [0.1, 0.15) is 35.4 Å². The SMILES string of the molecule is CCCNC(c1cnns1)c1cnccc1C(F)(F)F. The zero-order chi connectivity index (χ0) is 14.6. The van der Waals surface area contributed by atoms with Crippen LogP contribution in [-0.2, 0) is 6.18 Å². The first-order valence-corrected chi connectivity index (χ1v) is 6.83. The minimum absolute atomic E-state index is 0.0968. The van der Waals surface area contributed by atoms with Crippen LogP contribution < -0.4 is 5.32 Å². The smallest absolute Gasteiger partial charge is 0.305 e. The van der Waals surface area contributed by atoms with Crippen molar-refractivity contribution in [3.05, 3.63) is 40.7 Å². The molecule has 8 heteroatoms. The Hall–Kier alpha value is -1.54. The molecule has 0 amide bonds. The van der Waals surface area contributed by atoms with E-state index in [0.717, 1.165) is 30.2 Å². The van der Waals surface area contributed by atoms with Gasteiger partial charge in [-0.15, -0.1) is 5.10 Å². The Morgan fingerprint density at radius 3 is 2.75 bits per heavy atom. The lowest BCUT2D eigenvalue weighted by Crippen LogP contribution is -2.25. The van der Waals surface area contributed by atoms with Gasteiger partial charge in [0.05, 0.1) is 22.7 Å². The third kappa shape index (κ3) is 3.31. The molecule has 2 aromatic rings. The fraction of sp³-hybridized carbons (Fsp3) is 0.417. The normalized spacial score (nSPS) is 13.4. The van der Waals surface area contributed by atoms with Crippen molar-refractivity contribution in [3.8, 4) is 0 Å². The topological polar surface area (TPSA) is 50.7 Å². The first-order chi connectivity index (χ1) is 9.54. The van der Waals surface area contributed by atoms with Gasteiger partial charge in [-0.3, -0.25) is 4.98 Å². The predicted octanol–water partition coefficient (Wildman–Crippen LogP) is 3.04. The van der Waals surface area contributed by atoms with Crippen molar-refractivity contribution in [1.29, 1.82) is 0 Å². The molecule has 0 saturated carbocycles. The van der Waals surface area contributed by atoms with Crippen molar-refractivity contribution in [3.63, 3.8) is 0 Å². The van der Waals surface area contributed by atoms with Crippen molar-refractivity contribution < 1.29 is 13.2 Å². The van der Waals surface area contributed by atoms with Crippen molar-refractivity contribution in [2.75, 3.05) is 6.54 Å². The second kappa shape index (κ2) is 6.27. The minimum atomic E-state index is -4.41. The van der Waals surface area contributed by atoms with Gasteiger partial charge in [0.15, 0.2) is 0 Å². The number of rotatable bonds is 5. The van der Waals surface area contributed by atoms with Crippen molar-refractivity contribution in [1.82, 2.24) is 19.9 Å². The molecule has 2 aromatic heterocycles. The van der Waals surface area contributed by atoms with Gasteiger partial charge in [0.1, 0.15) is 0 Å². The fourth-order valence-corrected chi connectivity index (χ4v) is 2.45. The van der Waals surface area contributed by atoms with E-state index < -0.39 is 17.8 Å². The van der Waals surface area contributed by atoms with Crippen LogP contribution in [0.4, 0.5) is 13.2 Å². The molecule has 0 spiro atoms. The molecule has 0 aromatic carbocycles. The zero-order valence-corrected chi connectivity index (χ0v) is 11.5. The number of aromatic nitrogens is 3. The van der Waals surface area contributed by atoms with Gasteiger partial charge < -0.3 is 5.32 Å². The Labute approximate surface area is 118 Å². The van der Waals surface area contributed by atoms with Crippen LogP contribution >= 0.6 is 11.5 Å². The number of nitrogens with zero attached hydrogens (tertiary/aromatic N) is 3. The summed E-state index contributed by atoms with van der Waals surface area (Å²) >= 11 is 1.08. The maximum absolute atomic E-state index is 13.1. The lowest BCUT2D eigenvalue weighted by Gasteiger charge is -2.20. The quantitative estimate of drug-likeness (QED) is 0.922. The van der Waals surface area contributed by atoms with Gasteiger partial charge in [-0.1, -0.05) is 11.4 Å². The molecule has 1 atom stereocenters. The van der Waals surface area contributed by atoms with Crippen LogP contribution in [0.5, 0.6) is 0 Å². The molecule has 1 N–H and O–H groups in total. The molecule has 0 aliphatic rings. The largest absolute Gasteiger partial charge is 0.416 e. The summed E-state index contributed by atoms with van der Waals surface area (Å²) in [6.07, 6.45) is 0.266. The molecular formula is C12H13F3N4S. The van der Waals surface area contributed by atoms with E-state index in [1.807, 2.05) is 6.92 Å². The third-order valence-corrected chi connectivity index (χ3v) is 3.46. The van der Waals surface area contributed by atoms with Gasteiger partial charge in [0, 0.05) is 18.0 Å². The summed E-state index contributed by atoms with van der Waals surface area (Å²) in [6, 6.07) is 0.394. The Balaban J connectivity index is 2.44. The molecule has 1 unspecified atom stereocenters. The van der Waals surface area contributed by atoms with E-state index in [2.05, 4.69) is 19.9 Å². The molecule has 20 heavy (non-hydrogen) atoms. The Morgan fingerprint density at radius 2 is 2.15 bits per heavy atom. The second-order valence-corrected chi connectivity index (χ2v) is 4.98. The summed E-state index contributed by atoms with van der Waals surface area (Å²) < 4.78 is 43.0. The summed E-state index contributed by atoms with van der Waals surface area (Å²) in [5, 5.41) is 6.79. The van der Waals surface area contributed by atoms with Crippen LogP contribution in [0.25, 0.3) is 0 Å². The van der Waals surface area contributed by atoms with Crippen molar-refractivity contribution >= 4 is 11.5 Å². The highest BCUT2D eigenvalue weighted by Gasteiger charge is 2.36. The molecule has 4 nitrogen and oxygen atoms in total. The first kappa shape index (κ1) is 14.9. The number of hydrogen-bond acceptors (Lipinski definition) is 5. The molecule has 0 fully saturated rings. The average Bonchev–Trinajstić information content (AvgIpc) is 2.92. The Bertz CT molecular complexity index is 542. The molecular weight excluding hydrogens is 289 g/mol. The zero-order valence-electron chi connectivity index (χ0n) is 10.7. The van der Waals surface area contributed by atoms with Crippen LogP contribution in [0.2, 0.25) is 0 Å². The van der Waals surface area contributed by atoms with Gasteiger partial charge in [0.2, 0.25) is 0 Å². The van der Waals surface area contributed by atoms with Gasteiger partial charge >= 0.3 is 6.18 Å². The van der Waals surface area contributed by atoms with Gasteiger partial charge in [-0.25, -0.2) is 0 Å². The maximum atomic E-state index is 13.1. The van der Waals surface area contributed by atoms with E-state index in [4.69, 9.17) is 0 Å². The van der Waals surface area contributed by atoms with Crippen LogP contribution in [0.3, 0.4) is 0 Å². The lowest BCUT2D eigenvalue weighted by atomic mass is 10.0. The molecule has 108 valence electrons. The van der Waals surface area contributed by atoms with E-state index in [0.29, 0.717) is 11.4 Å². The molecule has 0 aliphatic heterocycles. The number of hydrogen-bond donors (Lipinski definition) is 1. The van der Waals surface area contributed by atoms with Crippen LogP contribution in [0, 0.1) is 0 Å². The second-order valence-electron chi connectivity index (χ2n) is 4.17. The summed E-state index contributed by atoms with van der Waals surface area (Å²) in [5.74, 6) is 0.